The molecule has 2 unspecified atom stereocenters. The standard InChI is InChI=1S/C23H28N2O4S/c1-17(18-9-12-21(13-10-18)29-16-20-11-14-23(26)24-20)25-15-5-8-22(30(25,27)28)19-6-3-2-4-7-19/h2-4,6-7,9-10,12-13,17,20,22H,5,8,11,14-16H2,1H3,(H,24,26)/t17?,20-,22?/m0/s1. The van der Waals surface area contributed by atoms with Crippen LogP contribution in [0.4, 0.5) is 0 Å². The Labute approximate surface area is 178 Å². The zero-order valence-electron chi connectivity index (χ0n) is 17.2. The Bertz CT molecular complexity index is 976. The SMILES string of the molecule is CC(c1ccc(OC[C@@H]2CCC(=O)N2)cc1)N1CCCC(c2ccccc2)S1(=O)=O. The Balaban J connectivity index is 1.44. The maximum atomic E-state index is 13.3. The van der Waals surface area contributed by atoms with Crippen LogP contribution < -0.4 is 10.1 Å². The molecule has 6 nitrogen and oxygen atoms in total. The van der Waals surface area contributed by atoms with Crippen LogP contribution in [0.1, 0.15) is 55.0 Å². The topological polar surface area (TPSA) is 75.7 Å². The van der Waals surface area contributed by atoms with E-state index in [1.54, 1.807) is 4.31 Å². The first-order chi connectivity index (χ1) is 14.4. The van der Waals surface area contributed by atoms with Crippen molar-refractivity contribution in [2.24, 2.45) is 0 Å². The zero-order chi connectivity index (χ0) is 21.1. The minimum atomic E-state index is -3.44. The first-order valence-electron chi connectivity index (χ1n) is 10.5. The molecule has 2 aliphatic heterocycles. The molecule has 0 aliphatic carbocycles. The van der Waals surface area contributed by atoms with Gasteiger partial charge >= 0.3 is 0 Å². The van der Waals surface area contributed by atoms with E-state index >= 15 is 0 Å². The fraction of sp³-hybridized carbons (Fsp3) is 0.435. The van der Waals surface area contributed by atoms with Crippen LogP contribution in [-0.2, 0) is 14.8 Å². The van der Waals surface area contributed by atoms with Gasteiger partial charge in [-0.3, -0.25) is 4.79 Å². The van der Waals surface area contributed by atoms with Crippen LogP contribution in [0.15, 0.2) is 54.6 Å². The van der Waals surface area contributed by atoms with E-state index < -0.39 is 15.3 Å². The van der Waals surface area contributed by atoms with Crippen molar-refractivity contribution < 1.29 is 17.9 Å². The predicted octanol–water partition coefficient (Wildman–Crippen LogP) is 3.57. The summed E-state index contributed by atoms with van der Waals surface area (Å²) in [6.07, 6.45) is 2.85. The highest BCUT2D eigenvalue weighted by Crippen LogP contribution is 2.39. The summed E-state index contributed by atoms with van der Waals surface area (Å²) in [6.45, 7) is 2.92. The fourth-order valence-electron chi connectivity index (χ4n) is 4.30. The number of amides is 1. The summed E-state index contributed by atoms with van der Waals surface area (Å²) in [6, 6.07) is 16.9. The van der Waals surface area contributed by atoms with Crippen LogP contribution in [0.3, 0.4) is 0 Å². The Morgan fingerprint density at radius 2 is 1.83 bits per heavy atom. The maximum Gasteiger partial charge on any atom is 0.221 e. The lowest BCUT2D eigenvalue weighted by Gasteiger charge is -2.36. The van der Waals surface area contributed by atoms with Crippen LogP contribution in [0.5, 0.6) is 5.75 Å². The smallest absolute Gasteiger partial charge is 0.221 e. The summed E-state index contributed by atoms with van der Waals surface area (Å²) in [7, 11) is -3.44. The normalized spacial score (nSPS) is 24.9. The van der Waals surface area contributed by atoms with Gasteiger partial charge in [0.15, 0.2) is 0 Å². The van der Waals surface area contributed by atoms with Crippen molar-refractivity contribution in [3.05, 3.63) is 65.7 Å². The first-order valence-corrected chi connectivity index (χ1v) is 12.0. The zero-order valence-corrected chi connectivity index (χ0v) is 18.0. The highest BCUT2D eigenvalue weighted by Gasteiger charge is 2.39. The molecule has 0 saturated carbocycles. The number of ether oxygens (including phenoxy) is 1. The average molecular weight is 429 g/mol. The van der Waals surface area contributed by atoms with Gasteiger partial charge in [0.2, 0.25) is 15.9 Å². The van der Waals surface area contributed by atoms with Gasteiger partial charge in [-0.1, -0.05) is 42.5 Å². The van der Waals surface area contributed by atoms with E-state index in [-0.39, 0.29) is 18.0 Å². The monoisotopic (exact) mass is 428 g/mol. The summed E-state index contributed by atoms with van der Waals surface area (Å²) >= 11 is 0. The molecule has 4 rings (SSSR count). The van der Waals surface area contributed by atoms with Crippen LogP contribution in [0.2, 0.25) is 0 Å². The Kier molecular flexibility index (Phi) is 6.11. The molecular weight excluding hydrogens is 400 g/mol. The van der Waals surface area contributed by atoms with E-state index in [0.717, 1.165) is 29.7 Å². The number of carbonyl (C=O) groups excluding carboxylic acids is 1. The summed E-state index contributed by atoms with van der Waals surface area (Å²) < 4.78 is 34.1. The third-order valence-electron chi connectivity index (χ3n) is 6.03. The number of rotatable bonds is 6. The molecular formula is C23H28N2O4S. The minimum absolute atomic E-state index is 0.0597. The van der Waals surface area contributed by atoms with Crippen molar-refractivity contribution in [2.75, 3.05) is 13.2 Å². The molecule has 2 aromatic rings. The molecule has 0 bridgehead atoms. The van der Waals surface area contributed by atoms with Gasteiger partial charge in [0.1, 0.15) is 17.6 Å². The molecule has 30 heavy (non-hydrogen) atoms. The number of sulfonamides is 1. The second-order valence-electron chi connectivity index (χ2n) is 8.06. The third-order valence-corrected chi connectivity index (χ3v) is 8.41. The number of hydrogen-bond donors (Lipinski definition) is 1. The molecule has 7 heteroatoms. The van der Waals surface area contributed by atoms with Gasteiger partial charge in [-0.25, -0.2) is 8.42 Å². The van der Waals surface area contributed by atoms with E-state index in [2.05, 4.69) is 5.32 Å². The van der Waals surface area contributed by atoms with E-state index in [4.69, 9.17) is 4.74 Å². The number of hydrogen-bond acceptors (Lipinski definition) is 4. The summed E-state index contributed by atoms with van der Waals surface area (Å²) in [5, 5.41) is 2.40. The first kappa shape index (κ1) is 20.9. The molecule has 2 aromatic carbocycles. The lowest BCUT2D eigenvalue weighted by atomic mass is 10.1. The highest BCUT2D eigenvalue weighted by atomic mass is 32.2. The van der Waals surface area contributed by atoms with Crippen LogP contribution in [0, 0.1) is 0 Å². The van der Waals surface area contributed by atoms with Crippen molar-refractivity contribution in [2.45, 2.75) is 49.9 Å². The Morgan fingerprint density at radius 1 is 1.10 bits per heavy atom. The van der Waals surface area contributed by atoms with Gasteiger partial charge in [0, 0.05) is 19.0 Å². The van der Waals surface area contributed by atoms with Crippen LogP contribution in [0.25, 0.3) is 0 Å². The van der Waals surface area contributed by atoms with Crippen molar-refractivity contribution in [1.29, 1.82) is 0 Å². The van der Waals surface area contributed by atoms with E-state index in [1.165, 1.54) is 0 Å². The molecule has 0 spiro atoms. The summed E-state index contributed by atoms with van der Waals surface area (Å²) in [5.41, 5.74) is 1.80. The number of nitrogens with zero attached hydrogens (tertiary/aromatic N) is 1. The molecule has 0 radical (unpaired) electrons. The largest absolute Gasteiger partial charge is 0.491 e. The highest BCUT2D eigenvalue weighted by molar-refractivity contribution is 7.89. The van der Waals surface area contributed by atoms with Gasteiger partial charge in [0.05, 0.1) is 6.04 Å². The quantitative estimate of drug-likeness (QED) is 0.763. The Morgan fingerprint density at radius 3 is 2.50 bits per heavy atom. The van der Waals surface area contributed by atoms with Crippen LogP contribution >= 0.6 is 0 Å². The lowest BCUT2D eigenvalue weighted by molar-refractivity contribution is -0.119. The second-order valence-corrected chi connectivity index (χ2v) is 10.1. The molecule has 2 saturated heterocycles. The van der Waals surface area contributed by atoms with Gasteiger partial charge in [0.25, 0.3) is 0 Å². The van der Waals surface area contributed by atoms with Crippen molar-refractivity contribution in [3.63, 3.8) is 0 Å². The van der Waals surface area contributed by atoms with Crippen LogP contribution in [-0.4, -0.2) is 37.8 Å². The van der Waals surface area contributed by atoms with Crippen molar-refractivity contribution in [3.8, 4) is 5.75 Å². The van der Waals surface area contributed by atoms with Gasteiger partial charge < -0.3 is 10.1 Å². The number of benzene rings is 2. The summed E-state index contributed by atoms with van der Waals surface area (Å²) in [4.78, 5) is 11.3. The van der Waals surface area contributed by atoms with Gasteiger partial charge in [-0.15, -0.1) is 0 Å². The molecule has 2 heterocycles. The maximum absolute atomic E-state index is 13.3. The van der Waals surface area contributed by atoms with Crippen molar-refractivity contribution in [1.82, 2.24) is 9.62 Å². The number of nitrogens with one attached hydrogen (secondary N) is 1. The van der Waals surface area contributed by atoms with Gasteiger partial charge in [-0.2, -0.15) is 4.31 Å². The Hall–Kier alpha value is -2.38. The van der Waals surface area contributed by atoms with E-state index in [1.807, 2.05) is 61.5 Å². The fourth-order valence-corrected chi connectivity index (χ4v) is 6.54. The summed E-state index contributed by atoms with van der Waals surface area (Å²) in [5.74, 6) is 0.792. The third kappa shape index (κ3) is 4.37. The van der Waals surface area contributed by atoms with E-state index in [0.29, 0.717) is 26.0 Å². The predicted molar refractivity (Wildman–Crippen MR) is 116 cm³/mol. The second kappa shape index (κ2) is 8.78. The molecule has 1 amide bonds. The molecule has 0 aromatic heterocycles. The van der Waals surface area contributed by atoms with Gasteiger partial charge in [-0.05, 0) is 49.4 Å². The number of carbonyl (C=O) groups is 1. The molecule has 160 valence electrons. The average Bonchev–Trinajstić information content (AvgIpc) is 3.17. The molecule has 3 atom stereocenters. The van der Waals surface area contributed by atoms with Crippen molar-refractivity contribution >= 4 is 15.9 Å². The molecule has 2 aliphatic rings. The minimum Gasteiger partial charge on any atom is -0.491 e. The lowest BCUT2D eigenvalue weighted by Crippen LogP contribution is -2.41. The molecule has 1 N–H and O–H groups in total. The van der Waals surface area contributed by atoms with E-state index in [9.17, 15) is 13.2 Å². The molecule has 2 fully saturated rings.